The zero-order valence-corrected chi connectivity index (χ0v) is 8.73. The molecule has 0 radical (unpaired) electrons. The SMILES string of the molecule is CC(C)CNC(=O)c1nccnc1C=O. The number of amides is 1. The summed E-state index contributed by atoms with van der Waals surface area (Å²) < 4.78 is 0. The van der Waals surface area contributed by atoms with Gasteiger partial charge in [-0.1, -0.05) is 13.8 Å². The Hall–Kier alpha value is -1.78. The molecule has 15 heavy (non-hydrogen) atoms. The van der Waals surface area contributed by atoms with Crippen molar-refractivity contribution in [3.05, 3.63) is 23.8 Å². The summed E-state index contributed by atoms with van der Waals surface area (Å²) >= 11 is 0. The molecule has 1 amide bonds. The fourth-order valence-corrected chi connectivity index (χ4v) is 0.991. The van der Waals surface area contributed by atoms with E-state index in [1.54, 1.807) is 0 Å². The number of aldehydes is 1. The van der Waals surface area contributed by atoms with Gasteiger partial charge < -0.3 is 5.32 Å². The van der Waals surface area contributed by atoms with Crippen LogP contribution in [0.15, 0.2) is 12.4 Å². The number of rotatable bonds is 4. The maximum Gasteiger partial charge on any atom is 0.272 e. The van der Waals surface area contributed by atoms with Crippen molar-refractivity contribution in [2.24, 2.45) is 5.92 Å². The molecule has 0 aliphatic carbocycles. The smallest absolute Gasteiger partial charge is 0.272 e. The van der Waals surface area contributed by atoms with Crippen molar-refractivity contribution in [2.75, 3.05) is 6.54 Å². The Morgan fingerprint density at radius 1 is 1.47 bits per heavy atom. The lowest BCUT2D eigenvalue weighted by molar-refractivity contribution is 0.0937. The lowest BCUT2D eigenvalue weighted by Crippen LogP contribution is -2.29. The quantitative estimate of drug-likeness (QED) is 0.737. The summed E-state index contributed by atoms with van der Waals surface area (Å²) in [4.78, 5) is 29.7. The number of nitrogens with zero attached hydrogens (tertiary/aromatic N) is 2. The highest BCUT2D eigenvalue weighted by Crippen LogP contribution is 1.98. The second-order valence-corrected chi connectivity index (χ2v) is 3.51. The van der Waals surface area contributed by atoms with E-state index in [0.29, 0.717) is 18.7 Å². The summed E-state index contributed by atoms with van der Waals surface area (Å²) in [6, 6.07) is 0. The van der Waals surface area contributed by atoms with E-state index in [-0.39, 0.29) is 17.3 Å². The Kier molecular flexibility index (Phi) is 3.91. The second kappa shape index (κ2) is 5.19. The molecule has 0 spiro atoms. The molecule has 0 saturated carbocycles. The van der Waals surface area contributed by atoms with E-state index < -0.39 is 0 Å². The maximum atomic E-state index is 11.6. The maximum absolute atomic E-state index is 11.6. The number of carbonyl (C=O) groups excluding carboxylic acids is 2. The summed E-state index contributed by atoms with van der Waals surface area (Å²) in [6.45, 7) is 4.52. The van der Waals surface area contributed by atoms with Crippen LogP contribution in [0.5, 0.6) is 0 Å². The van der Waals surface area contributed by atoms with Gasteiger partial charge in [-0.3, -0.25) is 9.59 Å². The van der Waals surface area contributed by atoms with Gasteiger partial charge in [0.25, 0.3) is 5.91 Å². The van der Waals surface area contributed by atoms with Crippen LogP contribution >= 0.6 is 0 Å². The molecule has 0 fully saturated rings. The van der Waals surface area contributed by atoms with Crippen LogP contribution in [0.1, 0.15) is 34.8 Å². The Labute approximate surface area is 87.9 Å². The van der Waals surface area contributed by atoms with Crippen molar-refractivity contribution >= 4 is 12.2 Å². The van der Waals surface area contributed by atoms with Crippen molar-refractivity contribution in [3.63, 3.8) is 0 Å². The molecule has 0 atom stereocenters. The van der Waals surface area contributed by atoms with Crippen LogP contribution in [0.2, 0.25) is 0 Å². The minimum absolute atomic E-state index is 0.0683. The van der Waals surface area contributed by atoms with E-state index in [2.05, 4.69) is 15.3 Å². The van der Waals surface area contributed by atoms with Gasteiger partial charge >= 0.3 is 0 Å². The predicted octanol–water partition coefficient (Wildman–Crippen LogP) is 0.675. The molecule has 1 heterocycles. The van der Waals surface area contributed by atoms with Gasteiger partial charge in [0.05, 0.1) is 0 Å². The lowest BCUT2D eigenvalue weighted by atomic mass is 10.2. The predicted molar refractivity (Wildman–Crippen MR) is 54.6 cm³/mol. The summed E-state index contributed by atoms with van der Waals surface area (Å²) in [6.07, 6.45) is 3.29. The third-order valence-corrected chi connectivity index (χ3v) is 1.72. The fourth-order valence-electron chi connectivity index (χ4n) is 0.991. The average molecular weight is 207 g/mol. The molecule has 0 aromatic carbocycles. The lowest BCUT2D eigenvalue weighted by Gasteiger charge is -2.07. The van der Waals surface area contributed by atoms with Crippen molar-refractivity contribution < 1.29 is 9.59 Å². The normalized spacial score (nSPS) is 10.1. The van der Waals surface area contributed by atoms with Crippen LogP contribution in [0, 0.1) is 5.92 Å². The average Bonchev–Trinajstić information content (AvgIpc) is 2.25. The van der Waals surface area contributed by atoms with Crippen molar-refractivity contribution in [1.29, 1.82) is 0 Å². The van der Waals surface area contributed by atoms with E-state index >= 15 is 0 Å². The third-order valence-electron chi connectivity index (χ3n) is 1.72. The molecule has 5 heteroatoms. The first-order chi connectivity index (χ1) is 7.15. The van der Waals surface area contributed by atoms with Crippen LogP contribution < -0.4 is 5.32 Å². The molecular formula is C10H13N3O2. The standard InChI is InChI=1S/C10H13N3O2/c1-7(2)5-13-10(15)9-8(6-14)11-3-4-12-9/h3-4,6-7H,5H2,1-2H3,(H,13,15). The Bertz CT molecular complexity index is 363. The molecule has 0 aliphatic rings. The highest BCUT2D eigenvalue weighted by atomic mass is 16.2. The minimum atomic E-state index is -0.362. The first-order valence-corrected chi connectivity index (χ1v) is 4.69. The molecule has 80 valence electrons. The van der Waals surface area contributed by atoms with Crippen LogP contribution in [-0.2, 0) is 0 Å². The van der Waals surface area contributed by atoms with E-state index in [1.807, 2.05) is 13.8 Å². The van der Waals surface area contributed by atoms with Gasteiger partial charge in [-0.15, -0.1) is 0 Å². The van der Waals surface area contributed by atoms with E-state index in [9.17, 15) is 9.59 Å². The van der Waals surface area contributed by atoms with Crippen molar-refractivity contribution in [2.45, 2.75) is 13.8 Å². The zero-order valence-electron chi connectivity index (χ0n) is 8.73. The van der Waals surface area contributed by atoms with E-state index in [0.717, 1.165) is 0 Å². The molecule has 1 rings (SSSR count). The van der Waals surface area contributed by atoms with Gasteiger partial charge in [0, 0.05) is 18.9 Å². The van der Waals surface area contributed by atoms with E-state index in [1.165, 1.54) is 12.4 Å². The second-order valence-electron chi connectivity index (χ2n) is 3.51. The number of aromatic nitrogens is 2. The Morgan fingerprint density at radius 2 is 2.13 bits per heavy atom. The number of carbonyl (C=O) groups is 2. The molecule has 1 aromatic heterocycles. The zero-order chi connectivity index (χ0) is 11.3. The molecule has 1 aromatic rings. The summed E-state index contributed by atoms with van der Waals surface area (Å²) in [5.41, 5.74) is 0.145. The van der Waals surface area contributed by atoms with Crippen molar-refractivity contribution in [3.8, 4) is 0 Å². The summed E-state index contributed by atoms with van der Waals surface area (Å²) in [7, 11) is 0. The first kappa shape index (κ1) is 11.3. The molecule has 0 unspecified atom stereocenters. The van der Waals surface area contributed by atoms with Crippen LogP contribution in [0.3, 0.4) is 0 Å². The summed E-state index contributed by atoms with van der Waals surface area (Å²) in [5, 5.41) is 2.67. The molecule has 5 nitrogen and oxygen atoms in total. The van der Waals surface area contributed by atoms with Crippen molar-refractivity contribution in [1.82, 2.24) is 15.3 Å². The Morgan fingerprint density at radius 3 is 2.73 bits per heavy atom. The molecule has 1 N–H and O–H groups in total. The third kappa shape index (κ3) is 3.12. The van der Waals surface area contributed by atoms with Crippen LogP contribution in [0.4, 0.5) is 0 Å². The first-order valence-electron chi connectivity index (χ1n) is 4.69. The number of hydrogen-bond donors (Lipinski definition) is 1. The largest absolute Gasteiger partial charge is 0.350 e. The molecule has 0 aliphatic heterocycles. The highest BCUT2D eigenvalue weighted by Gasteiger charge is 2.12. The molecule has 0 bridgehead atoms. The van der Waals surface area contributed by atoms with Gasteiger partial charge in [0.15, 0.2) is 12.0 Å². The van der Waals surface area contributed by atoms with Gasteiger partial charge in [0.1, 0.15) is 5.69 Å². The van der Waals surface area contributed by atoms with Crippen LogP contribution in [0.25, 0.3) is 0 Å². The Balaban J connectivity index is 2.77. The van der Waals surface area contributed by atoms with Gasteiger partial charge in [-0.05, 0) is 5.92 Å². The minimum Gasteiger partial charge on any atom is -0.350 e. The van der Waals surface area contributed by atoms with Gasteiger partial charge in [-0.2, -0.15) is 0 Å². The number of hydrogen-bond acceptors (Lipinski definition) is 4. The molecular weight excluding hydrogens is 194 g/mol. The van der Waals surface area contributed by atoms with Gasteiger partial charge in [0.2, 0.25) is 0 Å². The van der Waals surface area contributed by atoms with Crippen LogP contribution in [-0.4, -0.2) is 28.7 Å². The highest BCUT2D eigenvalue weighted by molar-refractivity contribution is 5.98. The van der Waals surface area contributed by atoms with Gasteiger partial charge in [-0.25, -0.2) is 9.97 Å². The van der Waals surface area contributed by atoms with E-state index in [4.69, 9.17) is 0 Å². The topological polar surface area (TPSA) is 72.0 Å². The molecule has 0 saturated heterocycles. The fraction of sp³-hybridized carbons (Fsp3) is 0.400. The monoisotopic (exact) mass is 207 g/mol. The summed E-state index contributed by atoms with van der Waals surface area (Å²) in [5.74, 6) is -0.01000. The number of nitrogens with one attached hydrogen (secondary N) is 1.